The quantitative estimate of drug-likeness (QED) is 0.661. The molecule has 21 heavy (non-hydrogen) atoms. The van der Waals surface area contributed by atoms with Crippen LogP contribution in [0.1, 0.15) is 17.5 Å². The third-order valence-corrected chi connectivity index (χ3v) is 3.99. The van der Waals surface area contributed by atoms with Crippen LogP contribution in [0.25, 0.3) is 0 Å². The van der Waals surface area contributed by atoms with Crippen molar-refractivity contribution in [1.82, 2.24) is 0 Å². The summed E-state index contributed by atoms with van der Waals surface area (Å²) in [5.41, 5.74) is 1.36. The Morgan fingerprint density at radius 2 is 2.05 bits per heavy atom. The number of aliphatic hydroxyl groups excluding tert-OH is 1. The molecule has 0 amide bonds. The lowest BCUT2D eigenvalue weighted by molar-refractivity contribution is 0.305. The third kappa shape index (κ3) is 5.09. The molecule has 2 aromatic carbocycles. The first kappa shape index (κ1) is 15.9. The van der Waals surface area contributed by atoms with Crippen molar-refractivity contribution in [3.8, 4) is 11.8 Å². The first-order valence-corrected chi connectivity index (χ1v) is 7.82. The molecule has 1 N–H and O–H groups in total. The van der Waals surface area contributed by atoms with E-state index in [1.54, 1.807) is 23.9 Å². The lowest BCUT2D eigenvalue weighted by atomic mass is 10.1. The highest BCUT2D eigenvalue weighted by molar-refractivity contribution is 7.98. The van der Waals surface area contributed by atoms with E-state index in [-0.39, 0.29) is 12.4 Å². The van der Waals surface area contributed by atoms with E-state index < -0.39 is 0 Å². The molecule has 0 aliphatic heterocycles. The Morgan fingerprint density at radius 1 is 1.19 bits per heavy atom. The molecule has 0 fully saturated rings. The molecule has 1 nitrogen and oxygen atoms in total. The van der Waals surface area contributed by atoms with Gasteiger partial charge in [-0.05, 0) is 35.9 Å². The van der Waals surface area contributed by atoms with Crippen molar-refractivity contribution < 1.29 is 9.50 Å². The molecule has 0 atom stereocenters. The van der Waals surface area contributed by atoms with E-state index in [1.807, 2.05) is 24.3 Å². The summed E-state index contributed by atoms with van der Waals surface area (Å²) in [4.78, 5) is 1.07. The zero-order valence-corrected chi connectivity index (χ0v) is 12.8. The molecule has 0 aromatic heterocycles. The fourth-order valence-electron chi connectivity index (χ4n) is 1.70. The Morgan fingerprint density at radius 3 is 2.81 bits per heavy atom. The van der Waals surface area contributed by atoms with Gasteiger partial charge in [-0.1, -0.05) is 35.6 Å². The first-order valence-electron chi connectivity index (χ1n) is 6.45. The maximum Gasteiger partial charge on any atom is 0.138 e. The molecule has 108 valence electrons. The second kappa shape index (κ2) is 8.09. The van der Waals surface area contributed by atoms with Gasteiger partial charge in [0.1, 0.15) is 5.82 Å². The van der Waals surface area contributed by atoms with Crippen molar-refractivity contribution in [1.29, 1.82) is 0 Å². The molecule has 2 rings (SSSR count). The standard InChI is InChI=1S/C17H14ClFOS/c18-15-5-3-6-16(11-15)21-12-13-7-8-17(19)14(10-13)4-1-2-9-20/h3,5-8,10-11,20H,2,9,12H2. The van der Waals surface area contributed by atoms with Gasteiger partial charge in [-0.2, -0.15) is 0 Å². The number of hydrogen-bond donors (Lipinski definition) is 1. The molecule has 0 aliphatic rings. The molecular formula is C17H14ClFOS. The lowest BCUT2D eigenvalue weighted by Crippen LogP contribution is -1.88. The number of rotatable bonds is 4. The van der Waals surface area contributed by atoms with Gasteiger partial charge in [0.25, 0.3) is 0 Å². The second-order valence-corrected chi connectivity index (χ2v) is 5.82. The van der Waals surface area contributed by atoms with Crippen LogP contribution in [0.2, 0.25) is 5.02 Å². The highest BCUT2D eigenvalue weighted by atomic mass is 35.5. The summed E-state index contributed by atoms with van der Waals surface area (Å²) in [6.45, 7) is -0.0150. The van der Waals surface area contributed by atoms with Crippen LogP contribution < -0.4 is 0 Å². The molecule has 0 radical (unpaired) electrons. The van der Waals surface area contributed by atoms with Crippen molar-refractivity contribution in [2.75, 3.05) is 6.61 Å². The van der Waals surface area contributed by atoms with Crippen LogP contribution in [0.5, 0.6) is 0 Å². The minimum Gasteiger partial charge on any atom is -0.395 e. The average Bonchev–Trinajstić information content (AvgIpc) is 2.48. The zero-order chi connectivity index (χ0) is 15.1. The van der Waals surface area contributed by atoms with Gasteiger partial charge in [0, 0.05) is 22.1 Å². The van der Waals surface area contributed by atoms with Crippen LogP contribution in [0.3, 0.4) is 0 Å². The summed E-state index contributed by atoms with van der Waals surface area (Å²) >= 11 is 7.58. The summed E-state index contributed by atoms with van der Waals surface area (Å²) in [7, 11) is 0. The topological polar surface area (TPSA) is 20.2 Å². The monoisotopic (exact) mass is 320 g/mol. The number of aliphatic hydroxyl groups is 1. The van der Waals surface area contributed by atoms with Crippen LogP contribution in [0.15, 0.2) is 47.4 Å². The van der Waals surface area contributed by atoms with E-state index in [9.17, 15) is 4.39 Å². The van der Waals surface area contributed by atoms with Crippen molar-refractivity contribution in [2.24, 2.45) is 0 Å². The molecule has 0 saturated heterocycles. The van der Waals surface area contributed by atoms with Gasteiger partial charge in [-0.3, -0.25) is 0 Å². The Hall–Kier alpha value is -1.47. The number of benzene rings is 2. The van der Waals surface area contributed by atoms with Crippen LogP contribution >= 0.6 is 23.4 Å². The zero-order valence-electron chi connectivity index (χ0n) is 11.3. The molecule has 0 spiro atoms. The Bertz CT molecular complexity index is 676. The molecule has 0 aliphatic carbocycles. The van der Waals surface area contributed by atoms with Gasteiger partial charge >= 0.3 is 0 Å². The van der Waals surface area contributed by atoms with E-state index >= 15 is 0 Å². The average molecular weight is 321 g/mol. The Labute approximate surface area is 133 Å². The molecule has 0 saturated carbocycles. The van der Waals surface area contributed by atoms with Crippen LogP contribution in [-0.4, -0.2) is 11.7 Å². The predicted molar refractivity (Wildman–Crippen MR) is 86.0 cm³/mol. The van der Waals surface area contributed by atoms with Crippen molar-refractivity contribution in [3.05, 3.63) is 64.4 Å². The van der Waals surface area contributed by atoms with E-state index in [0.717, 1.165) is 16.2 Å². The number of halogens is 2. The molecule has 0 unspecified atom stereocenters. The van der Waals surface area contributed by atoms with E-state index in [4.69, 9.17) is 16.7 Å². The van der Waals surface area contributed by atoms with Gasteiger partial charge in [-0.25, -0.2) is 4.39 Å². The summed E-state index contributed by atoms with van der Waals surface area (Å²) in [5, 5.41) is 9.39. The molecule has 0 heterocycles. The lowest BCUT2D eigenvalue weighted by Gasteiger charge is -2.04. The Balaban J connectivity index is 2.07. The van der Waals surface area contributed by atoms with Gasteiger partial charge in [-0.15, -0.1) is 11.8 Å². The first-order chi connectivity index (χ1) is 10.2. The highest BCUT2D eigenvalue weighted by Gasteiger charge is 2.03. The van der Waals surface area contributed by atoms with Gasteiger partial charge in [0.05, 0.1) is 12.2 Å². The summed E-state index contributed by atoms with van der Waals surface area (Å²) in [6, 6.07) is 12.6. The minimum atomic E-state index is -0.336. The second-order valence-electron chi connectivity index (χ2n) is 4.34. The SMILES string of the molecule is OCCC#Cc1cc(CSc2cccc(Cl)c2)ccc1F. The Kier molecular flexibility index (Phi) is 6.13. The molecule has 2 aromatic rings. The van der Waals surface area contributed by atoms with E-state index in [2.05, 4.69) is 11.8 Å². The summed E-state index contributed by atoms with van der Waals surface area (Å²) in [5.74, 6) is 5.86. The van der Waals surface area contributed by atoms with Crippen LogP contribution in [0, 0.1) is 17.7 Å². The minimum absolute atomic E-state index is 0.0150. The van der Waals surface area contributed by atoms with Crippen molar-refractivity contribution in [3.63, 3.8) is 0 Å². The highest BCUT2D eigenvalue weighted by Crippen LogP contribution is 2.25. The van der Waals surface area contributed by atoms with E-state index in [1.165, 1.54) is 6.07 Å². The molecule has 4 heteroatoms. The van der Waals surface area contributed by atoms with Gasteiger partial charge in [0.15, 0.2) is 0 Å². The number of thioether (sulfide) groups is 1. The largest absolute Gasteiger partial charge is 0.395 e. The van der Waals surface area contributed by atoms with Gasteiger partial charge < -0.3 is 5.11 Å². The fourth-order valence-corrected chi connectivity index (χ4v) is 2.85. The van der Waals surface area contributed by atoms with Gasteiger partial charge in [0.2, 0.25) is 0 Å². The van der Waals surface area contributed by atoms with Crippen molar-refractivity contribution >= 4 is 23.4 Å². The summed E-state index contributed by atoms with van der Waals surface area (Å²) in [6.07, 6.45) is 0.348. The smallest absolute Gasteiger partial charge is 0.138 e. The van der Waals surface area contributed by atoms with Crippen LogP contribution in [-0.2, 0) is 5.75 Å². The molecule has 0 bridgehead atoms. The number of hydrogen-bond acceptors (Lipinski definition) is 2. The maximum absolute atomic E-state index is 13.6. The maximum atomic E-state index is 13.6. The summed E-state index contributed by atoms with van der Waals surface area (Å²) < 4.78 is 13.6. The predicted octanol–water partition coefficient (Wildman–Crippen LogP) is 4.51. The van der Waals surface area contributed by atoms with Crippen LogP contribution in [0.4, 0.5) is 4.39 Å². The van der Waals surface area contributed by atoms with Crippen molar-refractivity contribution in [2.45, 2.75) is 17.1 Å². The fraction of sp³-hybridized carbons (Fsp3) is 0.176. The normalized spacial score (nSPS) is 10.0. The molecular weight excluding hydrogens is 307 g/mol. The third-order valence-electron chi connectivity index (χ3n) is 2.69. The van der Waals surface area contributed by atoms with E-state index in [0.29, 0.717) is 17.0 Å².